The number of benzene rings is 2. The van der Waals surface area contributed by atoms with Crippen LogP contribution in [0.1, 0.15) is 30.1 Å². The first-order chi connectivity index (χ1) is 12.5. The fourth-order valence-electron chi connectivity index (χ4n) is 2.31. The largest absolute Gasteiger partial charge is 0.352 e. The maximum Gasteiger partial charge on any atom is 0.251 e. The SMILES string of the molecule is CCCS(=O)(=O)Nc1cccc(C(=O)NCCCSc2ccccc2)c1. The number of hydrogen-bond donors (Lipinski definition) is 2. The molecule has 0 fully saturated rings. The van der Waals surface area contributed by atoms with E-state index in [0.717, 1.165) is 12.2 Å². The van der Waals surface area contributed by atoms with Gasteiger partial charge in [0, 0.05) is 22.7 Å². The van der Waals surface area contributed by atoms with E-state index in [2.05, 4.69) is 22.2 Å². The van der Waals surface area contributed by atoms with E-state index in [1.807, 2.05) is 18.2 Å². The average Bonchev–Trinajstić information content (AvgIpc) is 2.62. The smallest absolute Gasteiger partial charge is 0.251 e. The number of carbonyl (C=O) groups is 1. The summed E-state index contributed by atoms with van der Waals surface area (Å²) in [6, 6.07) is 16.7. The van der Waals surface area contributed by atoms with Crippen molar-refractivity contribution in [3.63, 3.8) is 0 Å². The molecule has 0 aliphatic rings. The quantitative estimate of drug-likeness (QED) is 0.477. The number of amides is 1. The lowest BCUT2D eigenvalue weighted by Crippen LogP contribution is -2.25. The Morgan fingerprint density at radius 1 is 1.08 bits per heavy atom. The van der Waals surface area contributed by atoms with Crippen molar-refractivity contribution in [1.82, 2.24) is 5.32 Å². The zero-order valence-electron chi connectivity index (χ0n) is 14.8. The lowest BCUT2D eigenvalue weighted by Gasteiger charge is -2.09. The van der Waals surface area contributed by atoms with Gasteiger partial charge in [-0.05, 0) is 48.9 Å². The number of sulfonamides is 1. The fraction of sp³-hybridized carbons (Fsp3) is 0.316. The molecular weight excluding hydrogens is 368 g/mol. The highest BCUT2D eigenvalue weighted by Gasteiger charge is 2.11. The van der Waals surface area contributed by atoms with Crippen molar-refractivity contribution in [1.29, 1.82) is 0 Å². The van der Waals surface area contributed by atoms with Crippen LogP contribution in [0.5, 0.6) is 0 Å². The molecule has 0 spiro atoms. The molecule has 0 radical (unpaired) electrons. The van der Waals surface area contributed by atoms with Crippen molar-refractivity contribution < 1.29 is 13.2 Å². The predicted molar refractivity (Wildman–Crippen MR) is 108 cm³/mol. The molecule has 0 saturated carbocycles. The Labute approximate surface area is 159 Å². The van der Waals surface area contributed by atoms with Crippen molar-refractivity contribution in [2.45, 2.75) is 24.7 Å². The summed E-state index contributed by atoms with van der Waals surface area (Å²) >= 11 is 1.75. The van der Waals surface area contributed by atoms with E-state index in [4.69, 9.17) is 0 Å². The molecular formula is C19H24N2O3S2. The maximum atomic E-state index is 12.2. The number of carbonyl (C=O) groups excluding carboxylic acids is 1. The summed E-state index contributed by atoms with van der Waals surface area (Å²) in [6.45, 7) is 2.38. The molecule has 0 bridgehead atoms. The van der Waals surface area contributed by atoms with Crippen LogP contribution in [0, 0.1) is 0 Å². The van der Waals surface area contributed by atoms with Crippen LogP contribution in [-0.4, -0.2) is 32.4 Å². The van der Waals surface area contributed by atoms with Crippen LogP contribution >= 0.6 is 11.8 Å². The van der Waals surface area contributed by atoms with Gasteiger partial charge in [-0.3, -0.25) is 9.52 Å². The first-order valence-electron chi connectivity index (χ1n) is 8.57. The first-order valence-corrected chi connectivity index (χ1v) is 11.2. The molecule has 0 aromatic heterocycles. The van der Waals surface area contributed by atoms with Crippen LogP contribution in [0.2, 0.25) is 0 Å². The fourth-order valence-corrected chi connectivity index (χ4v) is 4.31. The minimum absolute atomic E-state index is 0.0580. The van der Waals surface area contributed by atoms with E-state index in [-0.39, 0.29) is 11.7 Å². The molecule has 2 aromatic rings. The normalized spacial score (nSPS) is 11.1. The molecule has 0 unspecified atom stereocenters. The molecule has 0 aliphatic carbocycles. The minimum Gasteiger partial charge on any atom is -0.352 e. The highest BCUT2D eigenvalue weighted by atomic mass is 32.2. The van der Waals surface area contributed by atoms with Crippen LogP contribution in [-0.2, 0) is 10.0 Å². The third-order valence-electron chi connectivity index (χ3n) is 3.49. The molecule has 2 aromatic carbocycles. The second-order valence-electron chi connectivity index (χ2n) is 5.77. The van der Waals surface area contributed by atoms with Gasteiger partial charge in [-0.15, -0.1) is 11.8 Å². The summed E-state index contributed by atoms with van der Waals surface area (Å²) < 4.78 is 26.2. The molecule has 2 N–H and O–H groups in total. The molecule has 0 atom stereocenters. The number of thioether (sulfide) groups is 1. The van der Waals surface area contributed by atoms with Gasteiger partial charge in [-0.25, -0.2) is 8.42 Å². The van der Waals surface area contributed by atoms with E-state index in [1.54, 1.807) is 43.0 Å². The highest BCUT2D eigenvalue weighted by Crippen LogP contribution is 2.17. The zero-order chi connectivity index (χ0) is 18.8. The Morgan fingerprint density at radius 3 is 2.58 bits per heavy atom. The molecule has 140 valence electrons. The third kappa shape index (κ3) is 7.09. The molecule has 2 rings (SSSR count). The predicted octanol–water partition coefficient (Wildman–Crippen LogP) is 3.75. The van der Waals surface area contributed by atoms with Crippen LogP contribution < -0.4 is 10.0 Å². The maximum absolute atomic E-state index is 12.2. The molecule has 5 nitrogen and oxygen atoms in total. The van der Waals surface area contributed by atoms with Gasteiger partial charge in [0.05, 0.1) is 5.75 Å². The van der Waals surface area contributed by atoms with Crippen LogP contribution in [0.15, 0.2) is 59.5 Å². The average molecular weight is 393 g/mol. The monoisotopic (exact) mass is 392 g/mol. The summed E-state index contributed by atoms with van der Waals surface area (Å²) in [5.41, 5.74) is 0.850. The van der Waals surface area contributed by atoms with Crippen molar-refractivity contribution in [2.75, 3.05) is 22.8 Å². The van der Waals surface area contributed by atoms with Gasteiger partial charge in [0.2, 0.25) is 10.0 Å². The lowest BCUT2D eigenvalue weighted by molar-refractivity contribution is 0.0954. The third-order valence-corrected chi connectivity index (χ3v) is 6.08. The molecule has 26 heavy (non-hydrogen) atoms. The summed E-state index contributed by atoms with van der Waals surface area (Å²) in [6.07, 6.45) is 1.39. The Balaban J connectivity index is 1.79. The first kappa shape index (κ1) is 20.3. The Bertz CT molecular complexity index is 809. The number of rotatable bonds is 10. The lowest BCUT2D eigenvalue weighted by atomic mass is 10.2. The van der Waals surface area contributed by atoms with Crippen molar-refractivity contribution in [3.05, 3.63) is 60.2 Å². The van der Waals surface area contributed by atoms with Gasteiger partial charge >= 0.3 is 0 Å². The molecule has 0 heterocycles. The van der Waals surface area contributed by atoms with Gasteiger partial charge in [-0.1, -0.05) is 31.2 Å². The summed E-state index contributed by atoms with van der Waals surface area (Å²) in [5, 5.41) is 2.87. The minimum atomic E-state index is -3.36. The van der Waals surface area contributed by atoms with E-state index in [9.17, 15) is 13.2 Å². The van der Waals surface area contributed by atoms with E-state index in [0.29, 0.717) is 24.2 Å². The summed E-state index contributed by atoms with van der Waals surface area (Å²) in [7, 11) is -3.36. The van der Waals surface area contributed by atoms with Gasteiger partial charge in [-0.2, -0.15) is 0 Å². The number of nitrogens with one attached hydrogen (secondary N) is 2. The molecule has 0 aliphatic heterocycles. The molecule has 1 amide bonds. The van der Waals surface area contributed by atoms with Crippen LogP contribution in [0.25, 0.3) is 0 Å². The van der Waals surface area contributed by atoms with Crippen LogP contribution in [0.4, 0.5) is 5.69 Å². The van der Waals surface area contributed by atoms with Crippen molar-refractivity contribution in [3.8, 4) is 0 Å². The van der Waals surface area contributed by atoms with Crippen LogP contribution in [0.3, 0.4) is 0 Å². The number of anilines is 1. The Hall–Kier alpha value is -1.99. The topological polar surface area (TPSA) is 75.3 Å². The summed E-state index contributed by atoms with van der Waals surface area (Å²) in [4.78, 5) is 13.4. The van der Waals surface area contributed by atoms with E-state index in [1.165, 1.54) is 4.90 Å². The number of hydrogen-bond acceptors (Lipinski definition) is 4. The molecule has 7 heteroatoms. The highest BCUT2D eigenvalue weighted by molar-refractivity contribution is 7.99. The van der Waals surface area contributed by atoms with E-state index < -0.39 is 10.0 Å². The summed E-state index contributed by atoms with van der Waals surface area (Å²) in [5.74, 6) is 0.773. The zero-order valence-corrected chi connectivity index (χ0v) is 16.4. The van der Waals surface area contributed by atoms with Crippen molar-refractivity contribution in [2.24, 2.45) is 0 Å². The second kappa shape index (κ2) is 10.2. The second-order valence-corrected chi connectivity index (χ2v) is 8.78. The standard InChI is InChI=1S/C19H24N2O3S2/c1-2-14-26(23,24)21-17-9-6-8-16(15-17)19(22)20-12-7-13-25-18-10-4-3-5-11-18/h3-6,8-11,15,21H,2,7,12-14H2,1H3,(H,20,22). The Morgan fingerprint density at radius 2 is 1.85 bits per heavy atom. The van der Waals surface area contributed by atoms with E-state index >= 15 is 0 Å². The van der Waals surface area contributed by atoms with Crippen molar-refractivity contribution >= 4 is 33.4 Å². The van der Waals surface area contributed by atoms with Gasteiger partial charge in [0.25, 0.3) is 5.91 Å². The molecule has 0 saturated heterocycles. The van der Waals surface area contributed by atoms with Gasteiger partial charge < -0.3 is 5.32 Å². The van der Waals surface area contributed by atoms with Gasteiger partial charge in [0.1, 0.15) is 0 Å². The Kier molecular flexibility index (Phi) is 8.00. The van der Waals surface area contributed by atoms with Gasteiger partial charge in [0.15, 0.2) is 0 Å².